The van der Waals surface area contributed by atoms with Crippen molar-refractivity contribution in [1.29, 1.82) is 0 Å². The zero-order valence-corrected chi connectivity index (χ0v) is 18.3. The Morgan fingerprint density at radius 2 is 1.87 bits per heavy atom. The highest BCUT2D eigenvalue weighted by molar-refractivity contribution is 7.90. The number of benzene rings is 1. The molecule has 1 fully saturated rings. The van der Waals surface area contributed by atoms with Gasteiger partial charge >= 0.3 is 0 Å². The molecule has 1 aromatic carbocycles. The van der Waals surface area contributed by atoms with Crippen LogP contribution in [0.4, 0.5) is 0 Å². The van der Waals surface area contributed by atoms with Crippen LogP contribution in [0.1, 0.15) is 38.6 Å². The number of hydrogen-bond acceptors (Lipinski definition) is 6. The summed E-state index contributed by atoms with van der Waals surface area (Å²) in [6.07, 6.45) is 4.14. The lowest BCUT2D eigenvalue weighted by Gasteiger charge is -2.37. The van der Waals surface area contributed by atoms with Crippen molar-refractivity contribution in [3.05, 3.63) is 54.6 Å². The maximum Gasteiger partial charge on any atom is 0.269 e. The number of aliphatic hydroxyl groups excluding tert-OH is 1. The molecule has 1 aliphatic rings. The predicted octanol–water partition coefficient (Wildman–Crippen LogP) is 2.77. The minimum atomic E-state index is -3.79. The van der Waals surface area contributed by atoms with Crippen LogP contribution in [0.5, 0.6) is 0 Å². The summed E-state index contributed by atoms with van der Waals surface area (Å²) in [5.74, 6) is 0.576. The van der Waals surface area contributed by atoms with Gasteiger partial charge in [-0.25, -0.2) is 22.4 Å². The number of piperidine rings is 1. The monoisotopic (exact) mass is 439 g/mol. The fourth-order valence-corrected chi connectivity index (χ4v) is 5.88. The maximum absolute atomic E-state index is 13.3. The Morgan fingerprint density at radius 3 is 2.55 bits per heavy atom. The molecule has 0 bridgehead atoms. The van der Waals surface area contributed by atoms with Crippen LogP contribution in [0.2, 0.25) is 0 Å². The van der Waals surface area contributed by atoms with Gasteiger partial charge in [-0.2, -0.15) is 0 Å². The van der Waals surface area contributed by atoms with Crippen LogP contribution in [-0.2, 0) is 15.6 Å². The minimum absolute atomic E-state index is 0.206. The van der Waals surface area contributed by atoms with Gasteiger partial charge in [0.05, 0.1) is 16.6 Å². The Bertz CT molecular complexity index is 1370. The average molecular weight is 440 g/mol. The van der Waals surface area contributed by atoms with Gasteiger partial charge in [0.1, 0.15) is 17.4 Å². The molecule has 4 heterocycles. The molecule has 8 nitrogen and oxygen atoms in total. The molecule has 2 N–H and O–H groups in total. The topological polar surface area (TPSA) is 102 Å². The van der Waals surface area contributed by atoms with E-state index in [1.165, 1.54) is 3.97 Å². The molecule has 0 spiro atoms. The number of hydrogen-bond donors (Lipinski definition) is 2. The van der Waals surface area contributed by atoms with Crippen LogP contribution in [0, 0.1) is 0 Å². The fraction of sp³-hybridized carbons (Fsp3) is 0.364. The van der Waals surface area contributed by atoms with Crippen molar-refractivity contribution in [2.24, 2.45) is 0 Å². The first-order chi connectivity index (χ1) is 14.8. The summed E-state index contributed by atoms with van der Waals surface area (Å²) < 4.78 is 29.9. The summed E-state index contributed by atoms with van der Waals surface area (Å²) in [5, 5.41) is 14.6. The van der Waals surface area contributed by atoms with Crippen LogP contribution in [0.15, 0.2) is 53.7 Å². The second kappa shape index (κ2) is 7.15. The molecule has 9 heteroatoms. The molecule has 5 rings (SSSR count). The number of rotatable bonds is 4. The maximum atomic E-state index is 13.3. The average Bonchev–Trinajstić information content (AvgIpc) is 3.37. The van der Waals surface area contributed by atoms with Gasteiger partial charge in [0.25, 0.3) is 10.0 Å². The summed E-state index contributed by atoms with van der Waals surface area (Å²) in [6, 6.07) is 10.1. The van der Waals surface area contributed by atoms with Gasteiger partial charge in [-0.1, -0.05) is 18.2 Å². The molecule has 31 heavy (non-hydrogen) atoms. The fourth-order valence-electron chi connectivity index (χ4n) is 4.56. The number of pyridine rings is 1. The molecule has 0 unspecified atom stereocenters. The van der Waals surface area contributed by atoms with Gasteiger partial charge in [-0.05, 0) is 58.0 Å². The van der Waals surface area contributed by atoms with E-state index in [-0.39, 0.29) is 10.4 Å². The third-order valence-corrected chi connectivity index (χ3v) is 7.90. The molecule has 1 aliphatic heterocycles. The van der Waals surface area contributed by atoms with E-state index >= 15 is 0 Å². The summed E-state index contributed by atoms with van der Waals surface area (Å²) in [6.45, 7) is 5.61. The SMILES string of the molecule is C[C@@H](O)c1nc2cnc3c(ccn3S(=O)(=O)c3ccccc3)c2n1C1(C)CCNCC1. The van der Waals surface area contributed by atoms with Gasteiger partial charge in [-0.3, -0.25) is 0 Å². The van der Waals surface area contributed by atoms with Crippen molar-refractivity contribution in [3.8, 4) is 0 Å². The Hall–Kier alpha value is -2.75. The van der Waals surface area contributed by atoms with Crippen LogP contribution in [-0.4, -0.2) is 45.1 Å². The van der Waals surface area contributed by atoms with Crippen LogP contribution >= 0.6 is 0 Å². The summed E-state index contributed by atoms with van der Waals surface area (Å²) in [5.41, 5.74) is 1.57. The van der Waals surface area contributed by atoms with Gasteiger partial charge in [0.2, 0.25) is 0 Å². The van der Waals surface area contributed by atoms with Crippen LogP contribution in [0.3, 0.4) is 0 Å². The lowest BCUT2D eigenvalue weighted by molar-refractivity contribution is 0.159. The number of aliphatic hydroxyl groups is 1. The Balaban J connectivity index is 1.80. The van der Waals surface area contributed by atoms with Crippen LogP contribution < -0.4 is 5.32 Å². The third kappa shape index (κ3) is 3.07. The molecule has 1 atom stereocenters. The van der Waals surface area contributed by atoms with E-state index in [4.69, 9.17) is 0 Å². The van der Waals surface area contributed by atoms with Gasteiger partial charge in [-0.15, -0.1) is 0 Å². The van der Waals surface area contributed by atoms with Crippen LogP contribution in [0.25, 0.3) is 22.1 Å². The lowest BCUT2D eigenvalue weighted by atomic mass is 9.89. The van der Waals surface area contributed by atoms with E-state index in [9.17, 15) is 13.5 Å². The molecule has 162 valence electrons. The quantitative estimate of drug-likeness (QED) is 0.507. The molecule has 0 saturated carbocycles. The van der Waals surface area contributed by atoms with Crippen molar-refractivity contribution in [1.82, 2.24) is 23.8 Å². The molecule has 0 amide bonds. The number of imidazole rings is 1. The summed E-state index contributed by atoms with van der Waals surface area (Å²) in [7, 11) is -3.79. The highest BCUT2D eigenvalue weighted by Crippen LogP contribution is 2.37. The minimum Gasteiger partial charge on any atom is -0.385 e. The summed E-state index contributed by atoms with van der Waals surface area (Å²) >= 11 is 0. The number of nitrogens with zero attached hydrogens (tertiary/aromatic N) is 4. The normalized spacial score (nSPS) is 17.9. The van der Waals surface area contributed by atoms with Gasteiger partial charge in [0, 0.05) is 17.1 Å². The number of fused-ring (bicyclic) bond motifs is 3. The second-order valence-corrected chi connectivity index (χ2v) is 10.2. The van der Waals surface area contributed by atoms with E-state index in [1.54, 1.807) is 55.7 Å². The largest absolute Gasteiger partial charge is 0.385 e. The highest BCUT2D eigenvalue weighted by atomic mass is 32.2. The molecule has 0 radical (unpaired) electrons. The number of nitrogens with one attached hydrogen (secondary N) is 1. The van der Waals surface area contributed by atoms with Gasteiger partial charge < -0.3 is 15.0 Å². The van der Waals surface area contributed by atoms with E-state index in [0.717, 1.165) is 31.4 Å². The van der Waals surface area contributed by atoms with Crippen molar-refractivity contribution < 1.29 is 13.5 Å². The smallest absolute Gasteiger partial charge is 0.269 e. The standard InChI is InChI=1S/C22H25N5O3S/c1-15(28)20-25-18-14-24-21-17(19(18)27(20)22(2)9-11-23-12-10-22)8-13-26(21)31(29,30)16-6-4-3-5-7-16/h3-8,13-15,23,28H,9-12H2,1-2H3/t15-/m1/s1. The third-order valence-electron chi connectivity index (χ3n) is 6.22. The molecule has 3 aromatic heterocycles. The molecule has 4 aromatic rings. The van der Waals surface area contributed by atoms with Gasteiger partial charge in [0.15, 0.2) is 5.65 Å². The van der Waals surface area contributed by atoms with Crippen molar-refractivity contribution in [2.75, 3.05) is 13.1 Å². The van der Waals surface area contributed by atoms with E-state index in [1.807, 2.05) is 0 Å². The predicted molar refractivity (Wildman–Crippen MR) is 118 cm³/mol. The second-order valence-electron chi connectivity index (χ2n) is 8.39. The Labute approximate surface area is 180 Å². The molecule has 0 aliphatic carbocycles. The zero-order valence-electron chi connectivity index (χ0n) is 17.5. The van der Waals surface area contributed by atoms with Crippen molar-refractivity contribution in [2.45, 2.75) is 43.2 Å². The Kier molecular flexibility index (Phi) is 4.65. The van der Waals surface area contributed by atoms with E-state index in [0.29, 0.717) is 22.4 Å². The Morgan fingerprint density at radius 1 is 1.16 bits per heavy atom. The lowest BCUT2D eigenvalue weighted by Crippen LogP contribution is -2.42. The zero-order chi connectivity index (χ0) is 21.8. The van der Waals surface area contributed by atoms with Crippen molar-refractivity contribution >= 4 is 32.1 Å². The first-order valence-corrected chi connectivity index (χ1v) is 11.9. The summed E-state index contributed by atoms with van der Waals surface area (Å²) in [4.78, 5) is 9.35. The first-order valence-electron chi connectivity index (χ1n) is 10.4. The molecule has 1 saturated heterocycles. The molecular weight excluding hydrogens is 414 g/mol. The number of aromatic nitrogens is 4. The molecular formula is C22H25N5O3S. The van der Waals surface area contributed by atoms with E-state index in [2.05, 4.69) is 26.8 Å². The first kappa shape index (κ1) is 20.2. The van der Waals surface area contributed by atoms with Crippen molar-refractivity contribution in [3.63, 3.8) is 0 Å². The highest BCUT2D eigenvalue weighted by Gasteiger charge is 2.34. The van der Waals surface area contributed by atoms with E-state index < -0.39 is 16.1 Å².